The van der Waals surface area contributed by atoms with Gasteiger partial charge in [0.05, 0.1) is 0 Å². The lowest BCUT2D eigenvalue weighted by molar-refractivity contribution is 0.660. The maximum absolute atomic E-state index is 2.57. The van der Waals surface area contributed by atoms with Gasteiger partial charge in [-0.1, -0.05) is 166 Å². The maximum Gasteiger partial charge on any atom is 0.0493 e. The molecule has 0 radical (unpaired) electrons. The monoisotopic (exact) mass is 912 g/mol. The summed E-state index contributed by atoms with van der Waals surface area (Å²) in [6.07, 6.45) is 18.2. The van der Waals surface area contributed by atoms with Crippen LogP contribution in [0.3, 0.4) is 0 Å². The Bertz CT molecular complexity index is 3780. The highest BCUT2D eigenvalue weighted by Gasteiger charge is 2.35. The quantitative estimate of drug-likeness (QED) is 0.159. The predicted octanol–water partition coefficient (Wildman–Crippen LogP) is 18.7. The number of hydrogen-bond donors (Lipinski definition) is 0. The van der Waals surface area contributed by atoms with Crippen LogP contribution in [0, 0.1) is 0 Å². The Morgan fingerprint density at radius 1 is 0.366 bits per heavy atom. The third-order valence-corrected chi connectivity index (χ3v) is 16.6. The van der Waals surface area contributed by atoms with E-state index in [4.69, 9.17) is 0 Å². The standard InChI is InChI=1S/C69H56N2/c1-69(2)61-23-11-10-22-55(61)58-42-52(36-41-62(58)69)45-28-34-51(35-29-45)68-57-40-38-53(70-63-24-12-6-16-46(63)30-31-47-17-7-13-25-64(47)70)43-59(57)67(50-20-4-3-5-21-50)56-39-37-54(44-60(56)68)71-65-26-14-8-18-48(65)32-33-49-19-9-15-27-66(49)71/h3-6,8,10-16,18,20-29,34-44H,7,9,17,19,30-33H2,1-2H3. The lowest BCUT2D eigenvalue weighted by Gasteiger charge is -2.31. The van der Waals surface area contributed by atoms with Crippen LogP contribution in [0.25, 0.3) is 66.1 Å². The Morgan fingerprint density at radius 2 is 0.859 bits per heavy atom. The zero-order valence-corrected chi connectivity index (χ0v) is 40.7. The topological polar surface area (TPSA) is 6.48 Å². The number of rotatable bonds is 5. The summed E-state index contributed by atoms with van der Waals surface area (Å²) < 4.78 is 0. The second-order valence-corrected chi connectivity index (χ2v) is 20.9. The van der Waals surface area contributed by atoms with Crippen molar-refractivity contribution in [3.05, 3.63) is 251 Å². The van der Waals surface area contributed by atoms with Crippen molar-refractivity contribution in [1.82, 2.24) is 0 Å². The fourth-order valence-electron chi connectivity index (χ4n) is 13.1. The Labute approximate surface area is 418 Å². The molecule has 2 heteroatoms. The van der Waals surface area contributed by atoms with E-state index in [0.717, 1.165) is 51.4 Å². The average Bonchev–Trinajstić information content (AvgIpc) is 3.54. The normalized spacial score (nSPS) is 16.5. The fraction of sp³-hybridized carbons (Fsp3) is 0.159. The molecule has 0 amide bonds. The molecule has 0 atom stereocenters. The average molecular weight is 913 g/mol. The Morgan fingerprint density at radius 3 is 1.46 bits per heavy atom. The molecule has 2 nitrogen and oxygen atoms in total. The second kappa shape index (κ2) is 16.6. The molecule has 14 rings (SSSR count). The third-order valence-electron chi connectivity index (χ3n) is 16.6. The van der Waals surface area contributed by atoms with E-state index in [1.165, 1.54) is 122 Å². The molecule has 0 spiro atoms. The van der Waals surface area contributed by atoms with Gasteiger partial charge in [-0.05, 0) is 205 Å². The first-order valence-electron chi connectivity index (χ1n) is 26.0. The first kappa shape index (κ1) is 42.0. The minimum atomic E-state index is -0.0230. The van der Waals surface area contributed by atoms with Crippen LogP contribution in [0.1, 0.15) is 74.6 Å². The highest BCUT2D eigenvalue weighted by atomic mass is 15.2. The zero-order valence-electron chi connectivity index (χ0n) is 40.7. The number of nitrogens with zero attached hydrogens (tertiary/aromatic N) is 2. The highest BCUT2D eigenvalue weighted by Crippen LogP contribution is 2.52. The van der Waals surface area contributed by atoms with Gasteiger partial charge in [-0.15, -0.1) is 0 Å². The lowest BCUT2D eigenvalue weighted by atomic mass is 9.82. The van der Waals surface area contributed by atoms with Crippen molar-refractivity contribution < 1.29 is 0 Å². The number of benzene rings is 9. The molecule has 0 saturated carbocycles. The number of para-hydroxylation sites is 2. The van der Waals surface area contributed by atoms with Gasteiger partial charge in [-0.3, -0.25) is 0 Å². The summed E-state index contributed by atoms with van der Waals surface area (Å²) >= 11 is 0. The van der Waals surface area contributed by atoms with Gasteiger partial charge < -0.3 is 9.80 Å². The van der Waals surface area contributed by atoms with Crippen LogP contribution >= 0.6 is 0 Å². The van der Waals surface area contributed by atoms with Crippen LogP contribution in [0.4, 0.5) is 22.7 Å². The molecule has 0 bridgehead atoms. The van der Waals surface area contributed by atoms with Crippen LogP contribution in [-0.4, -0.2) is 0 Å². The van der Waals surface area contributed by atoms with Crippen molar-refractivity contribution in [1.29, 1.82) is 0 Å². The molecular formula is C69H56N2. The van der Waals surface area contributed by atoms with Gasteiger partial charge in [0.1, 0.15) is 0 Å². The highest BCUT2D eigenvalue weighted by molar-refractivity contribution is 6.22. The van der Waals surface area contributed by atoms with Gasteiger partial charge in [0.25, 0.3) is 0 Å². The number of allylic oxidation sites excluding steroid dienone is 6. The first-order valence-corrected chi connectivity index (χ1v) is 26.0. The van der Waals surface area contributed by atoms with Crippen LogP contribution in [0.2, 0.25) is 0 Å². The SMILES string of the molecule is CC1(C)c2ccccc2-c2cc(-c3ccc(-c4c5ccc(N6C7=C(CCC=C7)CCc7ccccc76)cc5c(-c5ccccc5)c5ccc(N6C7=C(CCC=C7)CCc7ccccc76)cc45)cc3)ccc21. The minimum absolute atomic E-state index is 0.0230. The molecule has 3 aliphatic carbocycles. The molecule has 0 unspecified atom stereocenters. The van der Waals surface area contributed by atoms with E-state index in [2.05, 4.69) is 230 Å². The van der Waals surface area contributed by atoms with E-state index in [-0.39, 0.29) is 5.41 Å². The summed E-state index contributed by atoms with van der Waals surface area (Å²) in [6.45, 7) is 4.72. The van der Waals surface area contributed by atoms with Gasteiger partial charge in [0, 0.05) is 39.6 Å². The summed E-state index contributed by atoms with van der Waals surface area (Å²) in [7, 11) is 0. The van der Waals surface area contributed by atoms with Crippen LogP contribution in [-0.2, 0) is 18.3 Å². The Balaban J connectivity index is 1.02. The molecular weight excluding hydrogens is 857 g/mol. The first-order chi connectivity index (χ1) is 35.0. The molecule has 2 heterocycles. The minimum Gasteiger partial charge on any atom is -0.310 e. The van der Waals surface area contributed by atoms with E-state index in [1.807, 2.05) is 0 Å². The molecule has 2 aliphatic heterocycles. The maximum atomic E-state index is 2.57. The van der Waals surface area contributed by atoms with Crippen molar-refractivity contribution >= 4 is 44.3 Å². The molecule has 0 aromatic heterocycles. The van der Waals surface area contributed by atoms with Crippen molar-refractivity contribution in [2.75, 3.05) is 9.80 Å². The number of hydrogen-bond acceptors (Lipinski definition) is 2. The van der Waals surface area contributed by atoms with Crippen molar-refractivity contribution in [3.63, 3.8) is 0 Å². The summed E-state index contributed by atoms with van der Waals surface area (Å²) in [4.78, 5) is 5.14. The number of anilines is 4. The third kappa shape index (κ3) is 6.75. The predicted molar refractivity (Wildman–Crippen MR) is 300 cm³/mol. The van der Waals surface area contributed by atoms with Crippen molar-refractivity contribution in [2.45, 2.75) is 70.6 Å². The molecule has 0 N–H and O–H groups in total. The summed E-state index contributed by atoms with van der Waals surface area (Å²) in [5, 5.41) is 5.03. The van der Waals surface area contributed by atoms with Gasteiger partial charge in [0.2, 0.25) is 0 Å². The van der Waals surface area contributed by atoms with Crippen LogP contribution in [0.15, 0.2) is 229 Å². The second-order valence-electron chi connectivity index (χ2n) is 20.9. The van der Waals surface area contributed by atoms with E-state index in [0.29, 0.717) is 0 Å². The summed E-state index contributed by atoms with van der Waals surface area (Å²) in [6, 6.07) is 69.6. The van der Waals surface area contributed by atoms with Gasteiger partial charge in [-0.2, -0.15) is 0 Å². The van der Waals surface area contributed by atoms with E-state index in [9.17, 15) is 0 Å². The zero-order chi connectivity index (χ0) is 47.2. The number of fused-ring (bicyclic) bond motifs is 7. The molecule has 9 aromatic carbocycles. The number of aryl methyl sites for hydroxylation is 2. The fourth-order valence-corrected chi connectivity index (χ4v) is 13.1. The van der Waals surface area contributed by atoms with E-state index < -0.39 is 0 Å². The molecule has 5 aliphatic rings. The van der Waals surface area contributed by atoms with Gasteiger partial charge >= 0.3 is 0 Å². The largest absolute Gasteiger partial charge is 0.310 e. The summed E-state index contributed by atoms with van der Waals surface area (Å²) in [5.41, 5.74) is 26.5. The Hall–Kier alpha value is -7.94. The lowest BCUT2D eigenvalue weighted by Crippen LogP contribution is -2.18. The van der Waals surface area contributed by atoms with Crippen LogP contribution < -0.4 is 9.80 Å². The van der Waals surface area contributed by atoms with Crippen LogP contribution in [0.5, 0.6) is 0 Å². The van der Waals surface area contributed by atoms with Gasteiger partial charge in [-0.25, -0.2) is 0 Å². The molecule has 9 aromatic rings. The molecule has 0 fully saturated rings. The molecule has 0 saturated heterocycles. The van der Waals surface area contributed by atoms with E-state index in [1.54, 1.807) is 11.1 Å². The van der Waals surface area contributed by atoms with Gasteiger partial charge in [0.15, 0.2) is 0 Å². The Kier molecular flexibility index (Phi) is 9.82. The van der Waals surface area contributed by atoms with Crippen molar-refractivity contribution in [3.8, 4) is 44.5 Å². The van der Waals surface area contributed by atoms with Crippen molar-refractivity contribution in [2.24, 2.45) is 0 Å². The molecule has 71 heavy (non-hydrogen) atoms. The summed E-state index contributed by atoms with van der Waals surface area (Å²) in [5.74, 6) is 0. The molecule has 342 valence electrons. The van der Waals surface area contributed by atoms with E-state index >= 15 is 0 Å². The smallest absolute Gasteiger partial charge is 0.0493 e.